The van der Waals surface area contributed by atoms with Gasteiger partial charge in [-0.05, 0) is 61.7 Å². The first-order valence-corrected chi connectivity index (χ1v) is 7.92. The zero-order chi connectivity index (χ0) is 13.7. The molecular weight excluding hydrogens is 252 g/mol. The Balaban J connectivity index is 1.46. The van der Waals surface area contributed by atoms with Crippen molar-refractivity contribution in [2.75, 3.05) is 0 Å². The summed E-state index contributed by atoms with van der Waals surface area (Å²) in [6.45, 7) is 0. The molecule has 108 valence electrons. The lowest BCUT2D eigenvalue weighted by molar-refractivity contribution is -0.136. The predicted molar refractivity (Wildman–Crippen MR) is 74.2 cm³/mol. The van der Waals surface area contributed by atoms with E-state index < -0.39 is 5.97 Å². The van der Waals surface area contributed by atoms with E-state index in [0.717, 1.165) is 47.5 Å². The highest BCUT2D eigenvalue weighted by Crippen LogP contribution is 2.57. The van der Waals surface area contributed by atoms with Crippen LogP contribution >= 0.6 is 0 Å². The standard InChI is InChI=1S/C16H22N2O2/c19-16(20)6-13-8-17-15(18-13)7-14-11-2-9-1-10(4-11)5-12(14)3-9/h8-12,14H,1-7H2,(H,17,18)(H,19,20). The summed E-state index contributed by atoms with van der Waals surface area (Å²) in [5.41, 5.74) is 0.733. The second-order valence-electron chi connectivity index (χ2n) is 7.22. The van der Waals surface area contributed by atoms with Crippen molar-refractivity contribution in [2.24, 2.45) is 29.6 Å². The highest BCUT2D eigenvalue weighted by molar-refractivity contribution is 5.69. The van der Waals surface area contributed by atoms with Gasteiger partial charge in [0.15, 0.2) is 0 Å². The molecule has 0 spiro atoms. The van der Waals surface area contributed by atoms with Crippen molar-refractivity contribution in [3.63, 3.8) is 0 Å². The van der Waals surface area contributed by atoms with E-state index in [2.05, 4.69) is 9.97 Å². The molecule has 5 rings (SSSR count). The molecule has 20 heavy (non-hydrogen) atoms. The maximum Gasteiger partial charge on any atom is 0.309 e. The van der Waals surface area contributed by atoms with Gasteiger partial charge in [0.25, 0.3) is 0 Å². The lowest BCUT2D eigenvalue weighted by Crippen LogP contribution is -2.45. The average molecular weight is 274 g/mol. The summed E-state index contributed by atoms with van der Waals surface area (Å²) in [6.07, 6.45) is 9.98. The van der Waals surface area contributed by atoms with Crippen molar-refractivity contribution in [1.82, 2.24) is 9.97 Å². The molecule has 4 fully saturated rings. The van der Waals surface area contributed by atoms with Crippen LogP contribution in [0.15, 0.2) is 6.20 Å². The van der Waals surface area contributed by atoms with Crippen LogP contribution < -0.4 is 0 Å². The first-order valence-electron chi connectivity index (χ1n) is 7.92. The molecule has 0 aliphatic heterocycles. The van der Waals surface area contributed by atoms with Gasteiger partial charge in [-0.1, -0.05) is 0 Å². The van der Waals surface area contributed by atoms with Crippen molar-refractivity contribution in [1.29, 1.82) is 0 Å². The van der Waals surface area contributed by atoms with Crippen LogP contribution in [-0.4, -0.2) is 21.0 Å². The van der Waals surface area contributed by atoms with Crippen molar-refractivity contribution in [3.8, 4) is 0 Å². The topological polar surface area (TPSA) is 66.0 Å². The molecule has 0 atom stereocenters. The van der Waals surface area contributed by atoms with Crippen LogP contribution in [-0.2, 0) is 17.6 Å². The number of imidazole rings is 1. The zero-order valence-electron chi connectivity index (χ0n) is 11.7. The fraction of sp³-hybridized carbons (Fsp3) is 0.750. The summed E-state index contributed by atoms with van der Waals surface area (Å²) in [6, 6.07) is 0. The molecule has 0 radical (unpaired) electrons. The molecule has 1 heterocycles. The minimum absolute atomic E-state index is 0.0503. The van der Waals surface area contributed by atoms with Crippen molar-refractivity contribution >= 4 is 5.97 Å². The molecule has 0 unspecified atom stereocenters. The smallest absolute Gasteiger partial charge is 0.309 e. The maximum absolute atomic E-state index is 10.7. The number of aromatic nitrogens is 2. The molecular formula is C16H22N2O2. The van der Waals surface area contributed by atoms with Crippen LogP contribution in [0.1, 0.15) is 43.6 Å². The van der Waals surface area contributed by atoms with E-state index in [4.69, 9.17) is 5.11 Å². The molecule has 4 bridgehead atoms. The monoisotopic (exact) mass is 274 g/mol. The van der Waals surface area contributed by atoms with Crippen LogP contribution in [0.3, 0.4) is 0 Å². The van der Waals surface area contributed by atoms with Gasteiger partial charge in [0.1, 0.15) is 5.82 Å². The summed E-state index contributed by atoms with van der Waals surface area (Å²) in [4.78, 5) is 18.3. The third-order valence-electron chi connectivity index (χ3n) is 5.87. The quantitative estimate of drug-likeness (QED) is 0.887. The average Bonchev–Trinajstić information content (AvgIpc) is 2.79. The highest BCUT2D eigenvalue weighted by atomic mass is 16.4. The largest absolute Gasteiger partial charge is 0.481 e. The third kappa shape index (κ3) is 2.15. The molecule has 0 saturated heterocycles. The molecule has 1 aromatic heterocycles. The zero-order valence-corrected chi connectivity index (χ0v) is 11.7. The molecule has 4 aliphatic carbocycles. The highest BCUT2D eigenvalue weighted by Gasteiger charge is 2.48. The number of carboxylic acid groups (broad SMARTS) is 1. The molecule has 1 aromatic rings. The van der Waals surface area contributed by atoms with Gasteiger partial charge in [-0.2, -0.15) is 0 Å². The second-order valence-corrected chi connectivity index (χ2v) is 7.22. The molecule has 0 aromatic carbocycles. The number of carbonyl (C=O) groups is 1. The Morgan fingerprint density at radius 3 is 2.45 bits per heavy atom. The molecule has 0 amide bonds. The van der Waals surface area contributed by atoms with E-state index >= 15 is 0 Å². The molecule has 4 heteroatoms. The Morgan fingerprint density at radius 1 is 1.20 bits per heavy atom. The summed E-state index contributed by atoms with van der Waals surface area (Å²) >= 11 is 0. The summed E-state index contributed by atoms with van der Waals surface area (Å²) in [7, 11) is 0. The summed E-state index contributed by atoms with van der Waals surface area (Å²) < 4.78 is 0. The lowest BCUT2D eigenvalue weighted by atomic mass is 9.51. The first kappa shape index (κ1) is 12.4. The Bertz CT molecular complexity index is 494. The molecule has 4 nitrogen and oxygen atoms in total. The number of rotatable bonds is 4. The fourth-order valence-corrected chi connectivity index (χ4v) is 5.36. The number of hydrogen-bond acceptors (Lipinski definition) is 2. The van der Waals surface area contributed by atoms with Gasteiger partial charge in [-0.3, -0.25) is 4.79 Å². The van der Waals surface area contributed by atoms with Gasteiger partial charge < -0.3 is 10.1 Å². The van der Waals surface area contributed by atoms with Crippen LogP contribution in [0, 0.1) is 29.6 Å². The van der Waals surface area contributed by atoms with E-state index in [1.165, 1.54) is 32.1 Å². The molecule has 4 aliphatic rings. The minimum Gasteiger partial charge on any atom is -0.481 e. The van der Waals surface area contributed by atoms with Gasteiger partial charge in [-0.25, -0.2) is 4.98 Å². The Kier molecular flexibility index (Phi) is 2.86. The van der Waals surface area contributed by atoms with E-state index in [9.17, 15) is 4.79 Å². The van der Waals surface area contributed by atoms with Crippen LogP contribution in [0.25, 0.3) is 0 Å². The van der Waals surface area contributed by atoms with Crippen LogP contribution in [0.4, 0.5) is 0 Å². The number of aliphatic carboxylic acids is 1. The second kappa shape index (κ2) is 4.61. The Labute approximate surface area is 119 Å². The Morgan fingerprint density at radius 2 is 1.85 bits per heavy atom. The van der Waals surface area contributed by atoms with E-state index in [1.54, 1.807) is 6.20 Å². The van der Waals surface area contributed by atoms with Crippen molar-refractivity contribution in [3.05, 3.63) is 17.7 Å². The maximum atomic E-state index is 10.7. The number of aromatic amines is 1. The van der Waals surface area contributed by atoms with Crippen LogP contribution in [0.5, 0.6) is 0 Å². The van der Waals surface area contributed by atoms with Gasteiger partial charge in [0.05, 0.1) is 6.42 Å². The molecule has 4 saturated carbocycles. The van der Waals surface area contributed by atoms with Crippen LogP contribution in [0.2, 0.25) is 0 Å². The number of nitrogens with zero attached hydrogens (tertiary/aromatic N) is 1. The van der Waals surface area contributed by atoms with E-state index in [0.29, 0.717) is 0 Å². The SMILES string of the molecule is O=C(O)Cc1cnc(CC2C3CC4CC(C3)CC2C4)[nH]1. The molecule has 2 N–H and O–H groups in total. The van der Waals surface area contributed by atoms with Crippen molar-refractivity contribution in [2.45, 2.75) is 44.9 Å². The first-order chi connectivity index (χ1) is 9.67. The Hall–Kier alpha value is -1.32. The summed E-state index contributed by atoms with van der Waals surface area (Å²) in [5.74, 6) is 4.81. The van der Waals surface area contributed by atoms with E-state index in [1.807, 2.05) is 0 Å². The normalized spacial score (nSPS) is 38.3. The van der Waals surface area contributed by atoms with Gasteiger partial charge >= 0.3 is 5.97 Å². The van der Waals surface area contributed by atoms with Gasteiger partial charge in [0, 0.05) is 18.3 Å². The summed E-state index contributed by atoms with van der Waals surface area (Å²) in [5, 5.41) is 8.82. The number of H-pyrrole nitrogens is 1. The number of hydrogen-bond donors (Lipinski definition) is 2. The predicted octanol–water partition coefficient (Wildman–Crippen LogP) is 2.65. The lowest BCUT2D eigenvalue weighted by Gasteiger charge is -2.54. The number of carboxylic acids is 1. The van der Waals surface area contributed by atoms with Crippen molar-refractivity contribution < 1.29 is 9.90 Å². The van der Waals surface area contributed by atoms with Gasteiger partial charge in [-0.15, -0.1) is 0 Å². The van der Waals surface area contributed by atoms with E-state index in [-0.39, 0.29) is 6.42 Å². The number of nitrogens with one attached hydrogen (secondary N) is 1. The third-order valence-corrected chi connectivity index (χ3v) is 5.87. The van der Waals surface area contributed by atoms with Gasteiger partial charge in [0.2, 0.25) is 0 Å². The fourth-order valence-electron chi connectivity index (χ4n) is 5.36. The minimum atomic E-state index is -0.796.